The van der Waals surface area contributed by atoms with Crippen LogP contribution in [0.25, 0.3) is 6.08 Å². The Labute approximate surface area is 185 Å². The number of aromatic carboxylic acids is 1. The number of benzene rings is 3. The summed E-state index contributed by atoms with van der Waals surface area (Å²) in [6, 6.07) is 19.9. The summed E-state index contributed by atoms with van der Waals surface area (Å²) in [5.41, 5.74) is 2.81. The Morgan fingerprint density at radius 2 is 1.87 bits per heavy atom. The maximum Gasteiger partial charge on any atom is 0.335 e. The van der Waals surface area contributed by atoms with Crippen molar-refractivity contribution in [2.75, 3.05) is 5.32 Å². The minimum Gasteiger partial charge on any atom is -0.488 e. The molecule has 0 aliphatic carbocycles. The number of para-hydroxylation sites is 1. The second-order valence-electron chi connectivity index (χ2n) is 6.54. The van der Waals surface area contributed by atoms with Crippen LogP contribution in [-0.2, 0) is 11.4 Å². The first kappa shape index (κ1) is 20.3. The van der Waals surface area contributed by atoms with Gasteiger partial charge in [0, 0.05) is 4.90 Å². The van der Waals surface area contributed by atoms with E-state index in [1.807, 2.05) is 48.5 Å². The van der Waals surface area contributed by atoms with Crippen LogP contribution in [0.4, 0.5) is 5.69 Å². The number of hydrogen-bond donors (Lipinski definition) is 2. The highest BCUT2D eigenvalue weighted by molar-refractivity contribution is 9.10. The van der Waals surface area contributed by atoms with Gasteiger partial charge in [-0.15, -0.1) is 0 Å². The van der Waals surface area contributed by atoms with Gasteiger partial charge in [0.05, 0.1) is 20.6 Å². The van der Waals surface area contributed by atoms with Gasteiger partial charge in [-0.05, 0) is 69.5 Å². The van der Waals surface area contributed by atoms with E-state index in [1.54, 1.807) is 24.3 Å². The Hall–Kier alpha value is -3.03. The lowest BCUT2D eigenvalue weighted by atomic mass is 10.1. The van der Waals surface area contributed by atoms with E-state index in [-0.39, 0.29) is 11.5 Å². The average Bonchev–Trinajstić information content (AvgIpc) is 2.74. The smallest absolute Gasteiger partial charge is 0.335 e. The predicted molar refractivity (Wildman–Crippen MR) is 121 cm³/mol. The molecule has 0 bridgehead atoms. The van der Waals surface area contributed by atoms with Crippen molar-refractivity contribution in [2.45, 2.75) is 11.5 Å². The van der Waals surface area contributed by atoms with Crippen molar-refractivity contribution in [3.63, 3.8) is 0 Å². The summed E-state index contributed by atoms with van der Waals surface area (Å²) in [6.07, 6.45) is 1.84. The number of fused-ring (bicyclic) bond motifs is 1. The molecule has 150 valence electrons. The highest BCUT2D eigenvalue weighted by Crippen LogP contribution is 2.39. The maximum absolute atomic E-state index is 12.4. The van der Waals surface area contributed by atoms with Crippen LogP contribution in [0.1, 0.15) is 21.5 Å². The molecule has 7 heteroatoms. The second-order valence-corrected chi connectivity index (χ2v) is 8.48. The largest absolute Gasteiger partial charge is 0.488 e. The predicted octanol–water partition coefficient (Wildman–Crippen LogP) is 5.81. The molecule has 1 aliphatic heterocycles. The van der Waals surface area contributed by atoms with Crippen molar-refractivity contribution in [1.82, 2.24) is 0 Å². The maximum atomic E-state index is 12.4. The van der Waals surface area contributed by atoms with E-state index in [0.29, 0.717) is 17.3 Å². The van der Waals surface area contributed by atoms with Gasteiger partial charge >= 0.3 is 5.97 Å². The Balaban J connectivity index is 1.46. The highest BCUT2D eigenvalue weighted by atomic mass is 79.9. The number of hydrogen-bond acceptors (Lipinski definition) is 4. The van der Waals surface area contributed by atoms with Crippen molar-refractivity contribution < 1.29 is 19.4 Å². The number of carbonyl (C=O) groups excluding carboxylic acids is 1. The molecule has 0 unspecified atom stereocenters. The first-order chi connectivity index (χ1) is 14.5. The van der Waals surface area contributed by atoms with Gasteiger partial charge in [-0.2, -0.15) is 0 Å². The number of carbonyl (C=O) groups is 2. The Kier molecular flexibility index (Phi) is 5.92. The van der Waals surface area contributed by atoms with Crippen molar-refractivity contribution in [3.05, 3.63) is 92.8 Å². The summed E-state index contributed by atoms with van der Waals surface area (Å²) >= 11 is 4.96. The molecule has 4 rings (SSSR count). The van der Waals surface area contributed by atoms with Crippen LogP contribution in [0.2, 0.25) is 0 Å². The van der Waals surface area contributed by atoms with Crippen LogP contribution < -0.4 is 10.1 Å². The summed E-state index contributed by atoms with van der Waals surface area (Å²) in [4.78, 5) is 24.9. The van der Waals surface area contributed by atoms with Crippen LogP contribution in [0.5, 0.6) is 5.75 Å². The molecule has 3 aromatic carbocycles. The van der Waals surface area contributed by atoms with E-state index in [2.05, 4.69) is 21.2 Å². The number of rotatable bonds is 5. The lowest BCUT2D eigenvalue weighted by Gasteiger charge is -2.18. The molecular weight excluding hydrogens is 466 g/mol. The number of anilines is 1. The molecule has 0 saturated heterocycles. The second kappa shape index (κ2) is 8.77. The molecule has 30 heavy (non-hydrogen) atoms. The number of carboxylic acid groups (broad SMARTS) is 1. The summed E-state index contributed by atoms with van der Waals surface area (Å²) in [5, 5.41) is 11.9. The molecule has 1 aliphatic rings. The minimum absolute atomic E-state index is 0.125. The number of nitrogens with one attached hydrogen (secondary N) is 1. The Morgan fingerprint density at radius 1 is 1.10 bits per heavy atom. The van der Waals surface area contributed by atoms with Gasteiger partial charge in [-0.25, -0.2) is 4.79 Å². The van der Waals surface area contributed by atoms with E-state index in [4.69, 9.17) is 9.84 Å². The number of halogens is 1. The lowest BCUT2D eigenvalue weighted by molar-refractivity contribution is -0.112. The van der Waals surface area contributed by atoms with Crippen molar-refractivity contribution in [3.8, 4) is 5.75 Å². The van der Waals surface area contributed by atoms with Crippen molar-refractivity contribution >= 4 is 51.3 Å². The molecule has 5 nitrogen and oxygen atoms in total. The molecular formula is C23H16BrNO4S. The van der Waals surface area contributed by atoms with Gasteiger partial charge in [0.2, 0.25) is 0 Å². The van der Waals surface area contributed by atoms with Crippen molar-refractivity contribution in [2.24, 2.45) is 0 Å². The zero-order valence-corrected chi connectivity index (χ0v) is 18.0. The number of thioether (sulfide) groups is 1. The molecule has 1 heterocycles. The van der Waals surface area contributed by atoms with Gasteiger partial charge in [0.15, 0.2) is 0 Å². The van der Waals surface area contributed by atoms with Gasteiger partial charge in [0.1, 0.15) is 12.4 Å². The average molecular weight is 482 g/mol. The standard InChI is InChI=1S/C23H16BrNO4S/c24-17-11-15(12-21-22(26)25-18-3-1-2-4-20(18)30-21)7-10-19(17)29-13-14-5-8-16(9-6-14)23(27)28/h1-12H,13H2,(H,25,26)(H,27,28)/b21-12-. The first-order valence-electron chi connectivity index (χ1n) is 9.04. The molecule has 0 fully saturated rings. The minimum atomic E-state index is -0.955. The summed E-state index contributed by atoms with van der Waals surface area (Å²) < 4.78 is 6.60. The quantitative estimate of drug-likeness (QED) is 0.449. The van der Waals surface area contributed by atoms with E-state index >= 15 is 0 Å². The zero-order chi connectivity index (χ0) is 21.1. The molecule has 2 N–H and O–H groups in total. The van der Waals surface area contributed by atoms with Crippen LogP contribution in [0.3, 0.4) is 0 Å². The molecule has 0 radical (unpaired) electrons. The van der Waals surface area contributed by atoms with Crippen LogP contribution in [0, 0.1) is 0 Å². The fourth-order valence-corrected chi connectivity index (χ4v) is 4.34. The monoisotopic (exact) mass is 481 g/mol. The summed E-state index contributed by atoms with van der Waals surface area (Å²) in [5.74, 6) is -0.422. The number of amides is 1. The molecule has 0 saturated carbocycles. The van der Waals surface area contributed by atoms with E-state index in [1.165, 1.54) is 11.8 Å². The molecule has 0 atom stereocenters. The summed E-state index contributed by atoms with van der Waals surface area (Å²) in [7, 11) is 0. The van der Waals surface area contributed by atoms with Gasteiger partial charge in [-0.1, -0.05) is 42.1 Å². The summed E-state index contributed by atoms with van der Waals surface area (Å²) in [6.45, 7) is 0.313. The SMILES string of the molecule is O=C1Nc2ccccc2S/C1=C\c1ccc(OCc2ccc(C(=O)O)cc2)c(Br)c1. The Morgan fingerprint density at radius 3 is 2.60 bits per heavy atom. The highest BCUT2D eigenvalue weighted by Gasteiger charge is 2.20. The molecule has 0 spiro atoms. The molecule has 1 amide bonds. The van der Waals surface area contributed by atoms with Gasteiger partial charge in [-0.3, -0.25) is 4.79 Å². The molecule has 0 aromatic heterocycles. The molecule has 3 aromatic rings. The fourth-order valence-electron chi connectivity index (χ4n) is 2.88. The number of carboxylic acids is 1. The zero-order valence-electron chi connectivity index (χ0n) is 15.6. The van der Waals surface area contributed by atoms with E-state index in [9.17, 15) is 9.59 Å². The lowest BCUT2D eigenvalue weighted by Crippen LogP contribution is -2.17. The van der Waals surface area contributed by atoms with Crippen LogP contribution >= 0.6 is 27.7 Å². The van der Waals surface area contributed by atoms with E-state index < -0.39 is 5.97 Å². The fraction of sp³-hybridized carbons (Fsp3) is 0.0435. The van der Waals surface area contributed by atoms with E-state index in [0.717, 1.165) is 26.2 Å². The number of ether oxygens (including phenoxy) is 1. The topological polar surface area (TPSA) is 75.6 Å². The normalized spacial score (nSPS) is 14.2. The first-order valence-corrected chi connectivity index (χ1v) is 10.6. The van der Waals surface area contributed by atoms with Crippen molar-refractivity contribution in [1.29, 1.82) is 0 Å². The third-order valence-electron chi connectivity index (χ3n) is 4.43. The third-order valence-corrected chi connectivity index (χ3v) is 6.15. The van der Waals surface area contributed by atoms with Crippen LogP contribution in [0.15, 0.2) is 81.0 Å². The van der Waals surface area contributed by atoms with Gasteiger partial charge < -0.3 is 15.2 Å². The third kappa shape index (κ3) is 4.58. The Bertz CT molecular complexity index is 1160. The van der Waals surface area contributed by atoms with Gasteiger partial charge in [0.25, 0.3) is 5.91 Å². The van der Waals surface area contributed by atoms with Crippen LogP contribution in [-0.4, -0.2) is 17.0 Å².